The Balaban J connectivity index is 1.86. The van der Waals surface area contributed by atoms with E-state index in [-0.39, 0.29) is 11.7 Å². The maximum Gasteiger partial charge on any atom is 0.256 e. The Kier molecular flexibility index (Phi) is 4.68. The van der Waals surface area contributed by atoms with Crippen LogP contribution in [0.25, 0.3) is 21.6 Å². The Bertz CT molecular complexity index is 1180. The molecular formula is C21H19FN4OS. The second kappa shape index (κ2) is 7.16. The third-order valence-corrected chi connectivity index (χ3v) is 5.44. The molecule has 0 fully saturated rings. The summed E-state index contributed by atoms with van der Waals surface area (Å²) >= 11 is 1.61. The Labute approximate surface area is 165 Å². The predicted octanol–water partition coefficient (Wildman–Crippen LogP) is 5.44. The van der Waals surface area contributed by atoms with Crippen LogP contribution in [-0.2, 0) is 0 Å². The topological polar surface area (TPSA) is 59.8 Å². The zero-order valence-corrected chi connectivity index (χ0v) is 16.5. The van der Waals surface area contributed by atoms with Crippen LogP contribution in [0.2, 0.25) is 0 Å². The van der Waals surface area contributed by atoms with Crippen molar-refractivity contribution in [3.8, 4) is 10.6 Å². The van der Waals surface area contributed by atoms with Crippen molar-refractivity contribution in [1.29, 1.82) is 0 Å². The molecule has 0 saturated heterocycles. The molecule has 5 nitrogen and oxygen atoms in total. The fourth-order valence-corrected chi connectivity index (χ4v) is 3.86. The van der Waals surface area contributed by atoms with Crippen LogP contribution in [0.15, 0.2) is 48.7 Å². The molecule has 1 aromatic carbocycles. The molecule has 0 spiro atoms. The molecule has 1 N–H and O–H groups in total. The summed E-state index contributed by atoms with van der Waals surface area (Å²) in [5.74, 6) is -0.872. The quantitative estimate of drug-likeness (QED) is 0.501. The molecule has 0 bridgehead atoms. The van der Waals surface area contributed by atoms with Crippen LogP contribution in [-0.4, -0.2) is 20.7 Å². The summed E-state index contributed by atoms with van der Waals surface area (Å²) in [6.07, 6.45) is 1.64. The van der Waals surface area contributed by atoms with Gasteiger partial charge in [-0.05, 0) is 51.1 Å². The summed E-state index contributed by atoms with van der Waals surface area (Å²) in [7, 11) is 0. The van der Waals surface area contributed by atoms with Crippen LogP contribution in [0.4, 0.5) is 10.1 Å². The summed E-state index contributed by atoms with van der Waals surface area (Å²) in [6, 6.07) is 12.0. The highest BCUT2D eigenvalue weighted by atomic mass is 32.1. The summed E-state index contributed by atoms with van der Waals surface area (Å²) < 4.78 is 15.8. The van der Waals surface area contributed by atoms with E-state index in [1.54, 1.807) is 40.4 Å². The minimum atomic E-state index is -0.479. The maximum absolute atomic E-state index is 14.0. The second-order valence-corrected chi connectivity index (χ2v) is 8.11. The zero-order valence-electron chi connectivity index (χ0n) is 15.7. The number of hydrogen-bond donors (Lipinski definition) is 1. The average molecular weight is 394 g/mol. The van der Waals surface area contributed by atoms with Gasteiger partial charge in [-0.15, -0.1) is 11.3 Å². The van der Waals surface area contributed by atoms with Gasteiger partial charge in [0.1, 0.15) is 5.82 Å². The molecule has 0 saturated carbocycles. The number of nitrogens with one attached hydrogen (secondary N) is 1. The van der Waals surface area contributed by atoms with Crippen LogP contribution < -0.4 is 5.32 Å². The van der Waals surface area contributed by atoms with Crippen LogP contribution in [0.3, 0.4) is 0 Å². The lowest BCUT2D eigenvalue weighted by molar-refractivity contribution is 0.102. The van der Waals surface area contributed by atoms with Crippen LogP contribution in [0, 0.1) is 12.7 Å². The van der Waals surface area contributed by atoms with Crippen molar-refractivity contribution in [2.75, 3.05) is 5.32 Å². The van der Waals surface area contributed by atoms with E-state index in [0.717, 1.165) is 9.75 Å². The highest BCUT2D eigenvalue weighted by Gasteiger charge is 2.20. The average Bonchev–Trinajstić information content (AvgIpc) is 3.29. The molecule has 0 atom stereocenters. The van der Waals surface area contributed by atoms with Gasteiger partial charge in [0.2, 0.25) is 0 Å². The number of carbonyl (C=O) groups is 1. The van der Waals surface area contributed by atoms with E-state index in [4.69, 9.17) is 4.98 Å². The van der Waals surface area contributed by atoms with Gasteiger partial charge < -0.3 is 5.32 Å². The number of amides is 1. The molecule has 28 heavy (non-hydrogen) atoms. The third-order valence-electron chi connectivity index (χ3n) is 4.42. The minimum Gasteiger partial charge on any atom is -0.319 e. The fraction of sp³-hybridized carbons (Fsp3) is 0.190. The van der Waals surface area contributed by atoms with Crippen molar-refractivity contribution < 1.29 is 9.18 Å². The Hall–Kier alpha value is -3.06. The van der Waals surface area contributed by atoms with Gasteiger partial charge in [-0.3, -0.25) is 4.79 Å². The molecule has 4 rings (SSSR count). The molecule has 0 radical (unpaired) electrons. The molecular weight excluding hydrogens is 375 g/mol. The number of aryl methyl sites for hydroxylation is 1. The van der Waals surface area contributed by atoms with Gasteiger partial charge in [0, 0.05) is 10.9 Å². The highest BCUT2D eigenvalue weighted by Crippen LogP contribution is 2.31. The summed E-state index contributed by atoms with van der Waals surface area (Å²) in [4.78, 5) is 19.9. The molecule has 3 heterocycles. The number of thiophene rings is 1. The number of pyridine rings is 1. The number of para-hydroxylation sites is 1. The van der Waals surface area contributed by atoms with E-state index in [1.165, 1.54) is 12.1 Å². The van der Waals surface area contributed by atoms with Crippen molar-refractivity contribution in [3.63, 3.8) is 0 Å². The Morgan fingerprint density at radius 2 is 2.00 bits per heavy atom. The SMILES string of the molecule is Cc1ccc(-c2cc(C(=O)Nc3ccccc3F)c3cnn(C(C)C)c3n2)s1. The molecule has 7 heteroatoms. The Morgan fingerprint density at radius 3 is 2.68 bits per heavy atom. The van der Waals surface area contributed by atoms with Crippen molar-refractivity contribution in [1.82, 2.24) is 14.8 Å². The van der Waals surface area contributed by atoms with Crippen molar-refractivity contribution >= 4 is 34.0 Å². The normalized spacial score (nSPS) is 11.3. The van der Waals surface area contributed by atoms with Crippen molar-refractivity contribution in [2.45, 2.75) is 26.8 Å². The first-order chi connectivity index (χ1) is 13.4. The van der Waals surface area contributed by atoms with Gasteiger partial charge in [0.05, 0.1) is 33.4 Å². The van der Waals surface area contributed by atoms with Gasteiger partial charge >= 0.3 is 0 Å². The molecule has 4 aromatic rings. The predicted molar refractivity (Wildman–Crippen MR) is 110 cm³/mol. The van der Waals surface area contributed by atoms with Gasteiger partial charge in [-0.2, -0.15) is 5.10 Å². The molecule has 0 aliphatic heterocycles. The first-order valence-electron chi connectivity index (χ1n) is 8.95. The van der Waals surface area contributed by atoms with E-state index in [1.807, 2.05) is 32.9 Å². The number of nitrogens with zero attached hydrogens (tertiary/aromatic N) is 3. The largest absolute Gasteiger partial charge is 0.319 e. The maximum atomic E-state index is 14.0. The number of aromatic nitrogens is 3. The third kappa shape index (κ3) is 3.29. The molecule has 142 valence electrons. The van der Waals surface area contributed by atoms with Crippen LogP contribution in [0.1, 0.15) is 35.1 Å². The molecule has 0 aliphatic rings. The lowest BCUT2D eigenvalue weighted by atomic mass is 10.1. The van der Waals surface area contributed by atoms with E-state index in [0.29, 0.717) is 22.3 Å². The van der Waals surface area contributed by atoms with E-state index in [2.05, 4.69) is 10.4 Å². The van der Waals surface area contributed by atoms with Crippen molar-refractivity contribution in [3.05, 3.63) is 64.9 Å². The van der Waals surface area contributed by atoms with E-state index < -0.39 is 11.7 Å². The lowest BCUT2D eigenvalue weighted by Gasteiger charge is -2.11. The monoisotopic (exact) mass is 394 g/mol. The number of anilines is 1. The first-order valence-corrected chi connectivity index (χ1v) is 9.76. The lowest BCUT2D eigenvalue weighted by Crippen LogP contribution is -2.14. The second-order valence-electron chi connectivity index (χ2n) is 6.82. The minimum absolute atomic E-state index is 0.0906. The molecule has 3 aromatic heterocycles. The number of rotatable bonds is 4. The van der Waals surface area contributed by atoms with E-state index >= 15 is 0 Å². The van der Waals surface area contributed by atoms with Crippen LogP contribution in [0.5, 0.6) is 0 Å². The van der Waals surface area contributed by atoms with Crippen molar-refractivity contribution in [2.24, 2.45) is 0 Å². The van der Waals surface area contributed by atoms with E-state index in [9.17, 15) is 9.18 Å². The summed E-state index contributed by atoms with van der Waals surface area (Å²) in [6.45, 7) is 6.04. The molecule has 0 unspecified atom stereocenters. The summed E-state index contributed by atoms with van der Waals surface area (Å²) in [5, 5.41) is 7.71. The summed E-state index contributed by atoms with van der Waals surface area (Å²) in [5.41, 5.74) is 1.90. The zero-order chi connectivity index (χ0) is 19.8. The van der Waals surface area contributed by atoms with Crippen LogP contribution >= 0.6 is 11.3 Å². The smallest absolute Gasteiger partial charge is 0.256 e. The standard InChI is InChI=1S/C21H19FN4OS/c1-12(2)26-20-15(11-23-26)14(10-18(24-20)19-9-8-13(3)28-19)21(27)25-17-7-5-4-6-16(17)22/h4-12H,1-3H3,(H,25,27). The van der Waals surface area contributed by atoms with Gasteiger partial charge in [-0.25, -0.2) is 14.1 Å². The number of halogens is 1. The number of carbonyl (C=O) groups excluding carboxylic acids is 1. The number of hydrogen-bond acceptors (Lipinski definition) is 4. The molecule has 1 amide bonds. The number of benzene rings is 1. The van der Waals surface area contributed by atoms with Gasteiger partial charge in [0.25, 0.3) is 5.91 Å². The molecule has 0 aliphatic carbocycles. The fourth-order valence-electron chi connectivity index (χ4n) is 3.03. The Morgan fingerprint density at radius 1 is 1.21 bits per heavy atom. The number of fused-ring (bicyclic) bond motifs is 1. The first kappa shape index (κ1) is 18.3. The van der Waals surface area contributed by atoms with Gasteiger partial charge in [0.15, 0.2) is 5.65 Å². The highest BCUT2D eigenvalue weighted by molar-refractivity contribution is 7.15. The van der Waals surface area contributed by atoms with Gasteiger partial charge in [-0.1, -0.05) is 12.1 Å².